The SMILES string of the molecule is CC(=O)Oc1ccc(F)c(O)c1F. The average Bonchev–Trinajstić information content (AvgIpc) is 2.06. The van der Waals surface area contributed by atoms with E-state index in [1.807, 2.05) is 0 Å². The Morgan fingerprint density at radius 3 is 2.62 bits per heavy atom. The highest BCUT2D eigenvalue weighted by molar-refractivity contribution is 5.69. The van der Waals surface area contributed by atoms with Gasteiger partial charge in [-0.15, -0.1) is 0 Å². The van der Waals surface area contributed by atoms with Gasteiger partial charge in [0, 0.05) is 6.92 Å². The maximum atomic E-state index is 12.9. The molecule has 0 saturated heterocycles. The summed E-state index contributed by atoms with van der Waals surface area (Å²) in [6.45, 7) is 1.07. The largest absolute Gasteiger partial charge is 0.503 e. The number of phenolic OH excluding ortho intramolecular Hbond substituents is 1. The zero-order valence-electron chi connectivity index (χ0n) is 6.67. The molecule has 1 aromatic carbocycles. The standard InChI is InChI=1S/C8H6F2O3/c1-4(11)13-6-3-2-5(9)8(12)7(6)10/h2-3,12H,1H3. The van der Waals surface area contributed by atoms with Gasteiger partial charge >= 0.3 is 5.97 Å². The Labute approximate surface area is 72.6 Å². The molecule has 1 N–H and O–H groups in total. The van der Waals surface area contributed by atoms with Crippen LogP contribution in [0, 0.1) is 11.6 Å². The normalized spacial score (nSPS) is 9.77. The summed E-state index contributed by atoms with van der Waals surface area (Å²) < 4.78 is 29.7. The first-order chi connectivity index (χ1) is 6.02. The van der Waals surface area contributed by atoms with E-state index in [0.717, 1.165) is 19.1 Å². The number of ether oxygens (including phenoxy) is 1. The number of hydrogen-bond acceptors (Lipinski definition) is 3. The van der Waals surface area contributed by atoms with Crippen LogP contribution >= 0.6 is 0 Å². The van der Waals surface area contributed by atoms with E-state index in [1.54, 1.807) is 0 Å². The van der Waals surface area contributed by atoms with Crippen LogP contribution < -0.4 is 4.74 Å². The fourth-order valence-corrected chi connectivity index (χ4v) is 0.756. The highest BCUT2D eigenvalue weighted by atomic mass is 19.1. The Hall–Kier alpha value is -1.65. The summed E-state index contributed by atoms with van der Waals surface area (Å²) in [6.07, 6.45) is 0. The number of halogens is 2. The highest BCUT2D eigenvalue weighted by Crippen LogP contribution is 2.28. The van der Waals surface area contributed by atoms with Crippen LogP contribution in [-0.4, -0.2) is 11.1 Å². The molecule has 1 rings (SSSR count). The Bertz CT molecular complexity index is 349. The van der Waals surface area contributed by atoms with Crippen molar-refractivity contribution in [3.8, 4) is 11.5 Å². The Balaban J connectivity index is 3.10. The first-order valence-electron chi connectivity index (χ1n) is 3.37. The summed E-state index contributed by atoms with van der Waals surface area (Å²) in [5.41, 5.74) is 0. The Kier molecular flexibility index (Phi) is 2.46. The van der Waals surface area contributed by atoms with Gasteiger partial charge in [0.1, 0.15) is 0 Å². The van der Waals surface area contributed by atoms with Crippen molar-refractivity contribution in [2.24, 2.45) is 0 Å². The van der Waals surface area contributed by atoms with Gasteiger partial charge < -0.3 is 9.84 Å². The third-order valence-corrected chi connectivity index (χ3v) is 1.29. The fraction of sp³-hybridized carbons (Fsp3) is 0.125. The molecule has 0 amide bonds. The zero-order chi connectivity index (χ0) is 10.0. The summed E-state index contributed by atoms with van der Waals surface area (Å²) in [5, 5.41) is 8.76. The second-order valence-corrected chi connectivity index (χ2v) is 2.30. The second-order valence-electron chi connectivity index (χ2n) is 2.30. The molecule has 0 fully saturated rings. The minimum atomic E-state index is -1.28. The minimum Gasteiger partial charge on any atom is -0.503 e. The smallest absolute Gasteiger partial charge is 0.308 e. The van der Waals surface area contributed by atoms with Crippen molar-refractivity contribution in [1.29, 1.82) is 0 Å². The number of benzene rings is 1. The molecule has 0 radical (unpaired) electrons. The van der Waals surface area contributed by atoms with Gasteiger partial charge in [0.2, 0.25) is 5.82 Å². The van der Waals surface area contributed by atoms with E-state index in [9.17, 15) is 13.6 Å². The first kappa shape index (κ1) is 9.44. The van der Waals surface area contributed by atoms with Crippen LogP contribution in [0.5, 0.6) is 11.5 Å². The molecule has 13 heavy (non-hydrogen) atoms. The van der Waals surface area contributed by atoms with Crippen LogP contribution in [0.1, 0.15) is 6.92 Å². The van der Waals surface area contributed by atoms with E-state index in [-0.39, 0.29) is 0 Å². The maximum absolute atomic E-state index is 12.9. The van der Waals surface area contributed by atoms with Gasteiger partial charge in [-0.2, -0.15) is 4.39 Å². The topological polar surface area (TPSA) is 46.5 Å². The molecule has 3 nitrogen and oxygen atoms in total. The van der Waals surface area contributed by atoms with Crippen molar-refractivity contribution < 1.29 is 23.4 Å². The van der Waals surface area contributed by atoms with Crippen molar-refractivity contribution in [2.75, 3.05) is 0 Å². The molecule has 0 heterocycles. The quantitative estimate of drug-likeness (QED) is 0.537. The molecule has 0 aliphatic carbocycles. The fourth-order valence-electron chi connectivity index (χ4n) is 0.756. The number of aromatic hydroxyl groups is 1. The van der Waals surface area contributed by atoms with Gasteiger partial charge in [-0.1, -0.05) is 0 Å². The summed E-state index contributed by atoms with van der Waals surface area (Å²) in [5.74, 6) is -4.78. The van der Waals surface area contributed by atoms with Gasteiger partial charge in [-0.05, 0) is 12.1 Å². The molecule has 0 aliphatic heterocycles. The molecule has 0 saturated carbocycles. The van der Waals surface area contributed by atoms with Crippen LogP contribution in [0.15, 0.2) is 12.1 Å². The molecule has 0 bridgehead atoms. The van der Waals surface area contributed by atoms with Crippen molar-refractivity contribution in [3.63, 3.8) is 0 Å². The second kappa shape index (κ2) is 3.38. The molecule has 0 spiro atoms. The van der Waals surface area contributed by atoms with Crippen molar-refractivity contribution >= 4 is 5.97 Å². The Morgan fingerprint density at radius 1 is 1.46 bits per heavy atom. The van der Waals surface area contributed by atoms with Crippen LogP contribution in [0.4, 0.5) is 8.78 Å². The number of rotatable bonds is 1. The molecule has 0 aromatic heterocycles. The summed E-state index contributed by atoms with van der Waals surface area (Å²) in [7, 11) is 0. The van der Waals surface area contributed by atoms with Crippen LogP contribution in [0.25, 0.3) is 0 Å². The van der Waals surface area contributed by atoms with E-state index < -0.39 is 29.1 Å². The van der Waals surface area contributed by atoms with Gasteiger partial charge in [0.25, 0.3) is 0 Å². The van der Waals surface area contributed by atoms with Crippen LogP contribution in [-0.2, 0) is 4.79 Å². The van der Waals surface area contributed by atoms with E-state index in [1.165, 1.54) is 0 Å². The Morgan fingerprint density at radius 2 is 2.08 bits per heavy atom. The highest BCUT2D eigenvalue weighted by Gasteiger charge is 2.14. The van der Waals surface area contributed by atoms with Crippen molar-refractivity contribution in [2.45, 2.75) is 6.92 Å². The lowest BCUT2D eigenvalue weighted by atomic mass is 10.3. The lowest BCUT2D eigenvalue weighted by Gasteiger charge is -2.03. The molecule has 1 aromatic rings. The predicted molar refractivity (Wildman–Crippen MR) is 39.3 cm³/mol. The van der Waals surface area contributed by atoms with E-state index in [4.69, 9.17) is 5.11 Å². The molecule has 5 heteroatoms. The third-order valence-electron chi connectivity index (χ3n) is 1.29. The maximum Gasteiger partial charge on any atom is 0.308 e. The molecule has 70 valence electrons. The summed E-state index contributed by atoms with van der Waals surface area (Å²) in [4.78, 5) is 10.4. The van der Waals surface area contributed by atoms with E-state index in [0.29, 0.717) is 0 Å². The molecule has 0 atom stereocenters. The van der Waals surface area contributed by atoms with Crippen LogP contribution in [0.3, 0.4) is 0 Å². The van der Waals surface area contributed by atoms with Gasteiger partial charge in [0.05, 0.1) is 0 Å². The monoisotopic (exact) mass is 188 g/mol. The van der Waals surface area contributed by atoms with Crippen molar-refractivity contribution in [1.82, 2.24) is 0 Å². The molecule has 0 aliphatic rings. The number of phenols is 1. The van der Waals surface area contributed by atoms with E-state index in [2.05, 4.69) is 4.74 Å². The third kappa shape index (κ3) is 1.93. The van der Waals surface area contributed by atoms with Crippen LogP contribution in [0.2, 0.25) is 0 Å². The minimum absolute atomic E-state index is 0.494. The lowest BCUT2D eigenvalue weighted by Crippen LogP contribution is -2.03. The lowest BCUT2D eigenvalue weighted by molar-refractivity contribution is -0.132. The van der Waals surface area contributed by atoms with Gasteiger partial charge in [-0.25, -0.2) is 4.39 Å². The number of carbonyl (C=O) groups excluding carboxylic acids is 1. The number of hydrogen-bond donors (Lipinski definition) is 1. The molecular formula is C8H6F2O3. The predicted octanol–water partition coefficient (Wildman–Crippen LogP) is 1.60. The average molecular weight is 188 g/mol. The van der Waals surface area contributed by atoms with Gasteiger partial charge in [-0.3, -0.25) is 4.79 Å². The van der Waals surface area contributed by atoms with Gasteiger partial charge in [0.15, 0.2) is 17.3 Å². The van der Waals surface area contributed by atoms with Crippen molar-refractivity contribution in [3.05, 3.63) is 23.8 Å². The zero-order valence-corrected chi connectivity index (χ0v) is 6.67. The number of esters is 1. The summed E-state index contributed by atoms with van der Waals surface area (Å²) in [6, 6.07) is 1.72. The molecular weight excluding hydrogens is 182 g/mol. The summed E-state index contributed by atoms with van der Waals surface area (Å²) >= 11 is 0. The van der Waals surface area contributed by atoms with E-state index >= 15 is 0 Å². The molecule has 0 unspecified atom stereocenters. The first-order valence-corrected chi connectivity index (χ1v) is 3.37. The number of carbonyl (C=O) groups is 1.